The topological polar surface area (TPSA) is 38.5 Å². The number of halogens is 1. The van der Waals surface area contributed by atoms with Gasteiger partial charge in [0, 0.05) is 26.2 Å². The average Bonchev–Trinajstić information content (AvgIpc) is 2.39. The molecule has 0 aromatic heterocycles. The monoisotopic (exact) mass is 282 g/mol. The molecule has 0 saturated carbocycles. The van der Waals surface area contributed by atoms with E-state index in [4.69, 9.17) is 22.1 Å². The number of nitrogens with zero attached hydrogens (tertiary/aromatic N) is 1. The smallest absolute Gasteiger partial charge is 0.0749 e. The van der Waals surface area contributed by atoms with Crippen LogP contribution in [-0.2, 0) is 4.74 Å². The lowest BCUT2D eigenvalue weighted by Crippen LogP contribution is -2.33. The predicted octanol–water partition coefficient (Wildman–Crippen LogP) is 3.37. The van der Waals surface area contributed by atoms with Gasteiger partial charge in [0.05, 0.1) is 16.8 Å². The molecule has 0 aliphatic carbocycles. The van der Waals surface area contributed by atoms with Crippen molar-refractivity contribution < 1.29 is 4.74 Å². The number of ether oxygens (including phenoxy) is 1. The van der Waals surface area contributed by atoms with Gasteiger partial charge in [0.1, 0.15) is 0 Å². The zero-order chi connectivity index (χ0) is 13.8. The van der Waals surface area contributed by atoms with Crippen molar-refractivity contribution in [3.63, 3.8) is 0 Å². The second-order valence-corrected chi connectivity index (χ2v) is 5.78. The van der Waals surface area contributed by atoms with E-state index in [-0.39, 0.29) is 6.04 Å². The molecule has 1 saturated heterocycles. The molecule has 1 aliphatic heterocycles. The van der Waals surface area contributed by atoms with Crippen LogP contribution in [0.5, 0.6) is 0 Å². The first kappa shape index (κ1) is 14.6. The van der Waals surface area contributed by atoms with Crippen molar-refractivity contribution in [3.8, 4) is 0 Å². The normalized spacial score (nSPS) is 21.2. The van der Waals surface area contributed by atoms with Gasteiger partial charge < -0.3 is 15.4 Å². The fourth-order valence-electron chi connectivity index (χ4n) is 2.47. The Hall–Kier alpha value is -0.770. The maximum absolute atomic E-state index is 6.35. The Kier molecular flexibility index (Phi) is 5.08. The molecule has 1 aromatic carbocycles. The van der Waals surface area contributed by atoms with Crippen LogP contribution in [-0.4, -0.2) is 26.3 Å². The molecule has 0 bridgehead atoms. The van der Waals surface area contributed by atoms with Gasteiger partial charge in [-0.05, 0) is 43.9 Å². The maximum atomic E-state index is 6.35. The van der Waals surface area contributed by atoms with Gasteiger partial charge in [-0.2, -0.15) is 0 Å². The first-order chi connectivity index (χ1) is 9.08. The molecule has 106 valence electrons. The molecular formula is C15H23ClN2O. The summed E-state index contributed by atoms with van der Waals surface area (Å²) in [6, 6.07) is 6.06. The number of benzene rings is 1. The van der Waals surface area contributed by atoms with E-state index in [0.717, 1.165) is 35.8 Å². The van der Waals surface area contributed by atoms with Gasteiger partial charge in [-0.25, -0.2) is 0 Å². The molecule has 4 heteroatoms. The number of hydrogen-bond acceptors (Lipinski definition) is 3. The molecule has 19 heavy (non-hydrogen) atoms. The molecule has 0 amide bonds. The third-order valence-electron chi connectivity index (χ3n) is 3.66. The van der Waals surface area contributed by atoms with Gasteiger partial charge in [-0.1, -0.05) is 17.7 Å². The molecule has 1 heterocycles. The highest BCUT2D eigenvalue weighted by Crippen LogP contribution is 2.28. The first-order valence-electron chi connectivity index (χ1n) is 6.95. The molecule has 2 rings (SSSR count). The Balaban J connectivity index is 2.03. The average molecular weight is 283 g/mol. The molecule has 2 atom stereocenters. The van der Waals surface area contributed by atoms with E-state index < -0.39 is 0 Å². The summed E-state index contributed by atoms with van der Waals surface area (Å²) in [7, 11) is 2.06. The molecule has 1 unspecified atom stereocenters. The molecular weight excluding hydrogens is 260 g/mol. The van der Waals surface area contributed by atoms with Crippen LogP contribution in [0.4, 0.5) is 5.69 Å². The first-order valence-corrected chi connectivity index (χ1v) is 7.33. The quantitative estimate of drug-likeness (QED) is 0.920. The molecule has 0 radical (unpaired) electrons. The van der Waals surface area contributed by atoms with Crippen molar-refractivity contribution in [2.24, 2.45) is 5.73 Å². The van der Waals surface area contributed by atoms with Crippen LogP contribution in [0.2, 0.25) is 5.02 Å². The lowest BCUT2D eigenvalue weighted by molar-refractivity contribution is 0.0216. The van der Waals surface area contributed by atoms with Crippen molar-refractivity contribution in [1.29, 1.82) is 0 Å². The highest BCUT2D eigenvalue weighted by Gasteiger charge is 2.17. The Morgan fingerprint density at radius 1 is 1.47 bits per heavy atom. The standard InChI is InChI=1S/C15H23ClN2O/c1-11(17)12-6-7-15(14(16)9-12)18(2)10-13-5-3-4-8-19-13/h6-7,9,11,13H,3-5,8,10,17H2,1-2H3/t11-,13?/m1/s1. The van der Waals surface area contributed by atoms with E-state index in [0.29, 0.717) is 6.10 Å². The summed E-state index contributed by atoms with van der Waals surface area (Å²) in [6.07, 6.45) is 3.91. The molecule has 1 aromatic rings. The fraction of sp³-hybridized carbons (Fsp3) is 0.600. The van der Waals surface area contributed by atoms with Gasteiger partial charge in [0.2, 0.25) is 0 Å². The summed E-state index contributed by atoms with van der Waals surface area (Å²) >= 11 is 6.35. The Bertz CT molecular complexity index is 417. The Morgan fingerprint density at radius 3 is 2.84 bits per heavy atom. The summed E-state index contributed by atoms with van der Waals surface area (Å²) in [5.74, 6) is 0. The maximum Gasteiger partial charge on any atom is 0.0749 e. The van der Waals surface area contributed by atoms with Crippen LogP contribution in [0, 0.1) is 0 Å². The van der Waals surface area contributed by atoms with Crippen LogP contribution < -0.4 is 10.6 Å². The van der Waals surface area contributed by atoms with E-state index >= 15 is 0 Å². The van der Waals surface area contributed by atoms with Crippen LogP contribution >= 0.6 is 11.6 Å². The number of nitrogens with two attached hydrogens (primary N) is 1. The minimum absolute atomic E-state index is 0.0125. The van der Waals surface area contributed by atoms with Gasteiger partial charge in [0.15, 0.2) is 0 Å². The molecule has 2 N–H and O–H groups in total. The number of likely N-dealkylation sites (N-methyl/N-ethyl adjacent to an activating group) is 1. The van der Waals surface area contributed by atoms with E-state index in [1.807, 2.05) is 25.1 Å². The number of rotatable bonds is 4. The molecule has 1 aliphatic rings. The van der Waals surface area contributed by atoms with E-state index in [2.05, 4.69) is 11.9 Å². The highest BCUT2D eigenvalue weighted by molar-refractivity contribution is 6.33. The fourth-order valence-corrected chi connectivity index (χ4v) is 2.80. The number of anilines is 1. The van der Waals surface area contributed by atoms with Crippen molar-refractivity contribution in [2.45, 2.75) is 38.3 Å². The van der Waals surface area contributed by atoms with Crippen LogP contribution in [0.25, 0.3) is 0 Å². The Morgan fingerprint density at radius 2 is 2.26 bits per heavy atom. The third-order valence-corrected chi connectivity index (χ3v) is 3.96. The van der Waals surface area contributed by atoms with Gasteiger partial charge in [-0.15, -0.1) is 0 Å². The predicted molar refractivity (Wildman–Crippen MR) is 80.9 cm³/mol. The van der Waals surface area contributed by atoms with E-state index in [1.165, 1.54) is 12.8 Å². The summed E-state index contributed by atoms with van der Waals surface area (Å²) in [4.78, 5) is 2.17. The summed E-state index contributed by atoms with van der Waals surface area (Å²) in [6.45, 7) is 3.73. The van der Waals surface area contributed by atoms with E-state index in [1.54, 1.807) is 0 Å². The summed E-state index contributed by atoms with van der Waals surface area (Å²) in [5.41, 5.74) is 7.97. The van der Waals surface area contributed by atoms with Gasteiger partial charge in [0.25, 0.3) is 0 Å². The van der Waals surface area contributed by atoms with Crippen molar-refractivity contribution in [3.05, 3.63) is 28.8 Å². The summed E-state index contributed by atoms with van der Waals surface area (Å²) < 4.78 is 5.77. The van der Waals surface area contributed by atoms with Crippen LogP contribution in [0.3, 0.4) is 0 Å². The second kappa shape index (κ2) is 6.60. The lowest BCUT2D eigenvalue weighted by atomic mass is 10.1. The molecule has 1 fully saturated rings. The zero-order valence-corrected chi connectivity index (χ0v) is 12.5. The van der Waals surface area contributed by atoms with Crippen molar-refractivity contribution in [2.75, 3.05) is 25.1 Å². The van der Waals surface area contributed by atoms with Crippen LogP contribution in [0.1, 0.15) is 37.8 Å². The second-order valence-electron chi connectivity index (χ2n) is 5.37. The molecule has 3 nitrogen and oxygen atoms in total. The van der Waals surface area contributed by atoms with Crippen molar-refractivity contribution in [1.82, 2.24) is 0 Å². The minimum Gasteiger partial charge on any atom is -0.376 e. The van der Waals surface area contributed by atoms with Gasteiger partial charge >= 0.3 is 0 Å². The molecule has 0 spiro atoms. The van der Waals surface area contributed by atoms with Gasteiger partial charge in [-0.3, -0.25) is 0 Å². The van der Waals surface area contributed by atoms with E-state index in [9.17, 15) is 0 Å². The third kappa shape index (κ3) is 3.85. The Labute approximate surface area is 120 Å². The van der Waals surface area contributed by atoms with Crippen molar-refractivity contribution >= 4 is 17.3 Å². The largest absolute Gasteiger partial charge is 0.376 e. The van der Waals surface area contributed by atoms with Crippen LogP contribution in [0.15, 0.2) is 18.2 Å². The lowest BCUT2D eigenvalue weighted by Gasteiger charge is -2.29. The SMILES string of the molecule is C[C@@H](N)c1ccc(N(C)CC2CCCCO2)c(Cl)c1. The minimum atomic E-state index is 0.0125. The summed E-state index contributed by atoms with van der Waals surface area (Å²) in [5, 5.41) is 0.758. The highest BCUT2D eigenvalue weighted by atomic mass is 35.5. The zero-order valence-electron chi connectivity index (χ0n) is 11.7. The number of hydrogen-bond donors (Lipinski definition) is 1.